The second kappa shape index (κ2) is 7.88. The van der Waals surface area contributed by atoms with Crippen molar-refractivity contribution in [1.29, 1.82) is 0 Å². The standard InChI is InChI=1S/C19H21N5OS/c25-18(15-26-19-21-20-17-8-4-5-9-24(17)19)23-12-10-22(11-13-23)14-16-6-2-1-3-7-16/h1-9H,10-15H2/p+1. The van der Waals surface area contributed by atoms with Crippen molar-refractivity contribution in [3.05, 3.63) is 60.3 Å². The maximum Gasteiger partial charge on any atom is 0.233 e. The third kappa shape index (κ3) is 3.89. The van der Waals surface area contributed by atoms with Gasteiger partial charge in [-0.3, -0.25) is 9.20 Å². The van der Waals surface area contributed by atoms with Crippen LogP contribution in [0.3, 0.4) is 0 Å². The van der Waals surface area contributed by atoms with Gasteiger partial charge in [0.25, 0.3) is 0 Å². The van der Waals surface area contributed by atoms with E-state index in [1.54, 1.807) is 0 Å². The molecule has 0 unspecified atom stereocenters. The quantitative estimate of drug-likeness (QED) is 0.676. The summed E-state index contributed by atoms with van der Waals surface area (Å²) in [5, 5.41) is 9.06. The molecule has 0 bridgehead atoms. The van der Waals surface area contributed by atoms with E-state index in [9.17, 15) is 4.79 Å². The number of carbonyl (C=O) groups is 1. The fraction of sp³-hybridized carbons (Fsp3) is 0.316. The van der Waals surface area contributed by atoms with E-state index < -0.39 is 0 Å². The van der Waals surface area contributed by atoms with Crippen LogP contribution >= 0.6 is 11.8 Å². The summed E-state index contributed by atoms with van der Waals surface area (Å²) in [5.41, 5.74) is 2.16. The van der Waals surface area contributed by atoms with Crippen LogP contribution in [0.5, 0.6) is 0 Å². The van der Waals surface area contributed by atoms with Crippen molar-refractivity contribution in [2.24, 2.45) is 0 Å². The molecule has 7 heteroatoms. The van der Waals surface area contributed by atoms with Gasteiger partial charge in [0.05, 0.1) is 31.9 Å². The van der Waals surface area contributed by atoms with Gasteiger partial charge in [0.1, 0.15) is 6.54 Å². The molecule has 1 aliphatic heterocycles. The number of thioether (sulfide) groups is 1. The number of rotatable bonds is 5. The normalized spacial score (nSPS) is 15.5. The molecule has 0 atom stereocenters. The van der Waals surface area contributed by atoms with Gasteiger partial charge in [-0.15, -0.1) is 10.2 Å². The van der Waals surface area contributed by atoms with Crippen LogP contribution < -0.4 is 4.90 Å². The van der Waals surface area contributed by atoms with E-state index in [0.29, 0.717) is 5.75 Å². The minimum Gasteiger partial charge on any atom is -0.331 e. The lowest BCUT2D eigenvalue weighted by molar-refractivity contribution is -0.917. The van der Waals surface area contributed by atoms with Crippen LogP contribution in [0.1, 0.15) is 5.56 Å². The van der Waals surface area contributed by atoms with E-state index in [0.717, 1.165) is 43.5 Å². The summed E-state index contributed by atoms with van der Waals surface area (Å²) in [4.78, 5) is 16.0. The van der Waals surface area contributed by atoms with Crippen LogP contribution in [-0.2, 0) is 11.3 Å². The molecule has 1 N–H and O–H groups in total. The highest BCUT2D eigenvalue weighted by Gasteiger charge is 2.24. The highest BCUT2D eigenvalue weighted by Crippen LogP contribution is 2.17. The Morgan fingerprint density at radius 1 is 1.04 bits per heavy atom. The number of hydrogen-bond donors (Lipinski definition) is 1. The van der Waals surface area contributed by atoms with Gasteiger partial charge < -0.3 is 9.80 Å². The Labute approximate surface area is 156 Å². The molecule has 0 spiro atoms. The molecule has 1 aromatic carbocycles. The minimum absolute atomic E-state index is 0.182. The van der Waals surface area contributed by atoms with Crippen LogP contribution in [0.15, 0.2) is 59.9 Å². The molecule has 0 aliphatic carbocycles. The van der Waals surface area contributed by atoms with Gasteiger partial charge in [0.2, 0.25) is 5.91 Å². The molecule has 1 aliphatic rings. The van der Waals surface area contributed by atoms with Crippen molar-refractivity contribution in [2.75, 3.05) is 31.9 Å². The van der Waals surface area contributed by atoms with Gasteiger partial charge >= 0.3 is 0 Å². The van der Waals surface area contributed by atoms with E-state index >= 15 is 0 Å². The lowest BCUT2D eigenvalue weighted by Crippen LogP contribution is -3.13. The van der Waals surface area contributed by atoms with Crippen molar-refractivity contribution >= 4 is 23.3 Å². The first-order chi connectivity index (χ1) is 12.8. The lowest BCUT2D eigenvalue weighted by atomic mass is 10.2. The van der Waals surface area contributed by atoms with E-state index in [4.69, 9.17) is 0 Å². The van der Waals surface area contributed by atoms with Crippen LogP contribution in [0.4, 0.5) is 0 Å². The first-order valence-corrected chi connectivity index (χ1v) is 9.86. The molecule has 2 aromatic heterocycles. The van der Waals surface area contributed by atoms with Gasteiger partial charge in [-0.2, -0.15) is 0 Å². The van der Waals surface area contributed by atoms with Gasteiger partial charge in [-0.05, 0) is 12.1 Å². The van der Waals surface area contributed by atoms with Gasteiger partial charge in [-0.1, -0.05) is 48.2 Å². The number of piperazine rings is 1. The summed E-state index contributed by atoms with van der Waals surface area (Å²) in [7, 11) is 0. The van der Waals surface area contributed by atoms with Crippen molar-refractivity contribution in [3.63, 3.8) is 0 Å². The van der Waals surface area contributed by atoms with Crippen molar-refractivity contribution in [1.82, 2.24) is 19.5 Å². The number of fused-ring (bicyclic) bond motifs is 1. The van der Waals surface area contributed by atoms with Crippen LogP contribution in [-0.4, -0.2) is 57.3 Å². The number of nitrogens with one attached hydrogen (secondary N) is 1. The highest BCUT2D eigenvalue weighted by molar-refractivity contribution is 7.99. The molecule has 1 fully saturated rings. The first kappa shape index (κ1) is 17.1. The molecule has 0 saturated carbocycles. The SMILES string of the molecule is O=C(CSc1nnc2ccccn12)N1CC[NH+](Cc2ccccc2)CC1. The molecular formula is C19H22N5OS+. The van der Waals surface area contributed by atoms with Crippen LogP contribution in [0.2, 0.25) is 0 Å². The third-order valence-electron chi connectivity index (χ3n) is 4.73. The zero-order valence-corrected chi connectivity index (χ0v) is 15.4. The Hall–Kier alpha value is -2.38. The highest BCUT2D eigenvalue weighted by atomic mass is 32.2. The predicted molar refractivity (Wildman–Crippen MR) is 101 cm³/mol. The van der Waals surface area contributed by atoms with E-state index in [1.807, 2.05) is 39.8 Å². The molecule has 4 rings (SSSR count). The monoisotopic (exact) mass is 368 g/mol. The Morgan fingerprint density at radius 2 is 1.81 bits per heavy atom. The van der Waals surface area contributed by atoms with Crippen LogP contribution in [0, 0.1) is 0 Å². The number of nitrogens with zero attached hydrogens (tertiary/aromatic N) is 4. The smallest absolute Gasteiger partial charge is 0.233 e. The Kier molecular flexibility index (Phi) is 5.17. The van der Waals surface area contributed by atoms with Gasteiger partial charge in [0.15, 0.2) is 10.8 Å². The summed E-state index contributed by atoms with van der Waals surface area (Å²) in [6.45, 7) is 4.67. The Bertz CT molecular complexity index is 874. The third-order valence-corrected chi connectivity index (χ3v) is 5.66. The Balaban J connectivity index is 1.27. The molecule has 1 saturated heterocycles. The number of carbonyl (C=O) groups excluding carboxylic acids is 1. The van der Waals surface area contributed by atoms with E-state index in [2.05, 4.69) is 34.5 Å². The zero-order chi connectivity index (χ0) is 17.8. The molecule has 3 aromatic rings. The van der Waals surface area contributed by atoms with Crippen molar-refractivity contribution < 1.29 is 9.69 Å². The number of benzene rings is 1. The number of aromatic nitrogens is 3. The molecule has 3 heterocycles. The fourth-order valence-electron chi connectivity index (χ4n) is 3.27. The summed E-state index contributed by atoms with van der Waals surface area (Å²) in [5.74, 6) is 0.588. The average molecular weight is 368 g/mol. The summed E-state index contributed by atoms with van der Waals surface area (Å²) >= 11 is 1.45. The summed E-state index contributed by atoms with van der Waals surface area (Å²) in [6.07, 6.45) is 1.92. The summed E-state index contributed by atoms with van der Waals surface area (Å²) < 4.78 is 1.92. The van der Waals surface area contributed by atoms with Gasteiger partial charge in [-0.25, -0.2) is 0 Å². The summed E-state index contributed by atoms with van der Waals surface area (Å²) in [6, 6.07) is 16.3. The Morgan fingerprint density at radius 3 is 2.62 bits per heavy atom. The maximum atomic E-state index is 12.5. The first-order valence-electron chi connectivity index (χ1n) is 8.87. The molecular weight excluding hydrogens is 346 g/mol. The zero-order valence-electron chi connectivity index (χ0n) is 14.5. The molecule has 0 radical (unpaired) electrons. The maximum absolute atomic E-state index is 12.5. The predicted octanol–water partition coefficient (Wildman–Crippen LogP) is 0.749. The average Bonchev–Trinajstić information content (AvgIpc) is 3.11. The molecule has 26 heavy (non-hydrogen) atoms. The number of hydrogen-bond acceptors (Lipinski definition) is 4. The molecule has 6 nitrogen and oxygen atoms in total. The second-order valence-corrected chi connectivity index (χ2v) is 7.44. The van der Waals surface area contributed by atoms with Gasteiger partial charge in [0, 0.05) is 11.8 Å². The largest absolute Gasteiger partial charge is 0.331 e. The topological polar surface area (TPSA) is 54.9 Å². The van der Waals surface area contributed by atoms with E-state index in [1.165, 1.54) is 22.2 Å². The molecule has 134 valence electrons. The van der Waals surface area contributed by atoms with Crippen LogP contribution in [0.25, 0.3) is 5.65 Å². The van der Waals surface area contributed by atoms with Crippen molar-refractivity contribution in [3.8, 4) is 0 Å². The number of pyridine rings is 1. The second-order valence-electron chi connectivity index (χ2n) is 6.49. The van der Waals surface area contributed by atoms with E-state index in [-0.39, 0.29) is 5.91 Å². The number of quaternary nitrogens is 1. The fourth-order valence-corrected chi connectivity index (χ4v) is 4.10. The minimum atomic E-state index is 0.182. The van der Waals surface area contributed by atoms with Crippen molar-refractivity contribution in [2.45, 2.75) is 11.7 Å². The lowest BCUT2D eigenvalue weighted by Gasteiger charge is -2.32. The number of amides is 1. The molecule has 1 amide bonds.